The Labute approximate surface area is 102 Å². The molecule has 0 spiro atoms. The molecule has 2 heteroatoms. The molecule has 0 fully saturated rings. The van der Waals surface area contributed by atoms with Crippen LogP contribution in [0.5, 0.6) is 0 Å². The van der Waals surface area contributed by atoms with Crippen LogP contribution in [0.25, 0.3) is 5.69 Å². The van der Waals surface area contributed by atoms with E-state index >= 15 is 0 Å². The summed E-state index contributed by atoms with van der Waals surface area (Å²) in [5.74, 6) is 0. The van der Waals surface area contributed by atoms with Gasteiger partial charge < -0.3 is 4.57 Å². The Bertz CT molecular complexity index is 559. The van der Waals surface area contributed by atoms with E-state index in [0.29, 0.717) is 0 Å². The van der Waals surface area contributed by atoms with Crippen LogP contribution in [0.3, 0.4) is 0 Å². The number of aryl methyl sites for hydroxylation is 3. The minimum atomic E-state index is 0.769. The van der Waals surface area contributed by atoms with Gasteiger partial charge in [-0.05, 0) is 44.9 Å². The van der Waals surface area contributed by atoms with Crippen molar-refractivity contribution in [3.05, 3.63) is 52.3 Å². The van der Waals surface area contributed by atoms with Crippen LogP contribution in [-0.4, -0.2) is 10.9 Å². The Morgan fingerprint density at radius 3 is 2.12 bits per heavy atom. The maximum atomic E-state index is 11.0. The zero-order valence-corrected chi connectivity index (χ0v) is 10.7. The Balaban J connectivity index is 2.77. The monoisotopic (exact) mass is 227 g/mol. The predicted octanol–water partition coefficient (Wildman–Crippen LogP) is 3.52. The molecule has 1 aromatic carbocycles. The van der Waals surface area contributed by atoms with E-state index in [-0.39, 0.29) is 0 Å². The first-order valence-corrected chi connectivity index (χ1v) is 5.77. The summed E-state index contributed by atoms with van der Waals surface area (Å²) in [6.45, 7) is 8.22. The van der Waals surface area contributed by atoms with Gasteiger partial charge in [-0.25, -0.2) is 0 Å². The van der Waals surface area contributed by atoms with Gasteiger partial charge in [-0.3, -0.25) is 4.79 Å². The van der Waals surface area contributed by atoms with Crippen LogP contribution >= 0.6 is 0 Å². The van der Waals surface area contributed by atoms with Gasteiger partial charge in [0.15, 0.2) is 6.29 Å². The highest BCUT2D eigenvalue weighted by molar-refractivity contribution is 5.78. The van der Waals surface area contributed by atoms with Crippen LogP contribution in [0.2, 0.25) is 0 Å². The normalized spacial score (nSPS) is 10.6. The molecule has 2 nitrogen and oxygen atoms in total. The second kappa shape index (κ2) is 4.21. The summed E-state index contributed by atoms with van der Waals surface area (Å²) in [7, 11) is 0. The van der Waals surface area contributed by atoms with Crippen molar-refractivity contribution < 1.29 is 4.79 Å². The summed E-state index contributed by atoms with van der Waals surface area (Å²) in [6, 6.07) is 8.20. The minimum absolute atomic E-state index is 0.769. The summed E-state index contributed by atoms with van der Waals surface area (Å²) in [6.07, 6.45) is 0.923. The van der Waals surface area contributed by atoms with E-state index in [4.69, 9.17) is 0 Å². The average molecular weight is 227 g/mol. The highest BCUT2D eigenvalue weighted by Gasteiger charge is 2.13. The van der Waals surface area contributed by atoms with Crippen molar-refractivity contribution in [1.82, 2.24) is 4.57 Å². The number of benzene rings is 1. The fraction of sp³-hybridized carbons (Fsp3) is 0.267. The SMILES string of the molecule is Cc1cccc(C)c1-n1c(C)cc(C=O)c1C. The molecule has 0 bridgehead atoms. The van der Waals surface area contributed by atoms with E-state index in [9.17, 15) is 4.79 Å². The van der Waals surface area contributed by atoms with Gasteiger partial charge >= 0.3 is 0 Å². The second-order valence-electron chi connectivity index (χ2n) is 4.52. The molecule has 0 saturated carbocycles. The van der Waals surface area contributed by atoms with Crippen LogP contribution in [0.1, 0.15) is 32.9 Å². The van der Waals surface area contributed by atoms with Crippen molar-refractivity contribution in [2.75, 3.05) is 0 Å². The number of hydrogen-bond acceptors (Lipinski definition) is 1. The lowest BCUT2D eigenvalue weighted by Crippen LogP contribution is -2.04. The maximum Gasteiger partial charge on any atom is 0.151 e. The lowest BCUT2D eigenvalue weighted by molar-refractivity contribution is 0.112. The summed E-state index contributed by atoms with van der Waals surface area (Å²) < 4.78 is 2.16. The lowest BCUT2D eigenvalue weighted by atomic mass is 10.1. The molecule has 0 N–H and O–H groups in total. The van der Waals surface area contributed by atoms with Crippen molar-refractivity contribution in [3.63, 3.8) is 0 Å². The molecule has 0 radical (unpaired) electrons. The van der Waals surface area contributed by atoms with Gasteiger partial charge in [0.2, 0.25) is 0 Å². The Hall–Kier alpha value is -1.83. The Kier molecular flexibility index (Phi) is 2.88. The van der Waals surface area contributed by atoms with Gasteiger partial charge in [0, 0.05) is 17.0 Å². The smallest absolute Gasteiger partial charge is 0.151 e. The summed E-state index contributed by atoms with van der Waals surface area (Å²) >= 11 is 0. The fourth-order valence-corrected chi connectivity index (χ4v) is 2.41. The Morgan fingerprint density at radius 1 is 1.06 bits per heavy atom. The van der Waals surface area contributed by atoms with E-state index in [1.54, 1.807) is 0 Å². The average Bonchev–Trinajstić information content (AvgIpc) is 2.56. The number of para-hydroxylation sites is 1. The van der Waals surface area contributed by atoms with Gasteiger partial charge in [-0.15, -0.1) is 0 Å². The third-order valence-electron chi connectivity index (χ3n) is 3.26. The second-order valence-corrected chi connectivity index (χ2v) is 4.52. The van der Waals surface area contributed by atoms with Gasteiger partial charge in [0.05, 0.1) is 5.69 Å². The van der Waals surface area contributed by atoms with Gasteiger partial charge in [-0.2, -0.15) is 0 Å². The highest BCUT2D eigenvalue weighted by atomic mass is 16.1. The highest BCUT2D eigenvalue weighted by Crippen LogP contribution is 2.25. The molecular formula is C15H17NO. The van der Waals surface area contributed by atoms with Crippen LogP contribution in [0.4, 0.5) is 0 Å². The summed E-state index contributed by atoms with van der Waals surface area (Å²) in [5, 5.41) is 0. The number of aromatic nitrogens is 1. The zero-order chi connectivity index (χ0) is 12.6. The third-order valence-corrected chi connectivity index (χ3v) is 3.26. The quantitative estimate of drug-likeness (QED) is 0.719. The summed E-state index contributed by atoms with van der Waals surface area (Å²) in [4.78, 5) is 11.0. The molecule has 0 aliphatic carbocycles. The molecule has 2 aromatic rings. The standard InChI is InChI=1S/C15H17NO/c1-10-6-5-7-11(2)15(10)16-12(3)8-14(9-17)13(16)4/h5-9H,1-4H3. The van der Waals surface area contributed by atoms with Crippen LogP contribution in [-0.2, 0) is 0 Å². The van der Waals surface area contributed by atoms with Gasteiger partial charge in [-0.1, -0.05) is 18.2 Å². The molecule has 0 unspecified atom stereocenters. The number of carbonyl (C=O) groups is 1. The molecule has 1 aromatic heterocycles. The predicted molar refractivity (Wildman–Crippen MR) is 70.1 cm³/mol. The van der Waals surface area contributed by atoms with E-state index in [1.165, 1.54) is 16.8 Å². The molecule has 88 valence electrons. The van der Waals surface area contributed by atoms with E-state index < -0.39 is 0 Å². The minimum Gasteiger partial charge on any atom is -0.317 e. The van der Waals surface area contributed by atoms with Crippen LogP contribution in [0.15, 0.2) is 24.3 Å². The number of hydrogen-bond donors (Lipinski definition) is 0. The number of aldehydes is 1. The fourth-order valence-electron chi connectivity index (χ4n) is 2.41. The molecular weight excluding hydrogens is 210 g/mol. The molecule has 0 aliphatic heterocycles. The molecule has 17 heavy (non-hydrogen) atoms. The number of carbonyl (C=O) groups excluding carboxylic acids is 1. The molecule has 0 saturated heterocycles. The maximum absolute atomic E-state index is 11.0. The van der Waals surface area contributed by atoms with Crippen molar-refractivity contribution >= 4 is 6.29 Å². The summed E-state index contributed by atoms with van der Waals surface area (Å²) in [5.41, 5.74) is 6.52. The van der Waals surface area contributed by atoms with Crippen molar-refractivity contribution in [3.8, 4) is 5.69 Å². The van der Waals surface area contributed by atoms with Gasteiger partial charge in [0.25, 0.3) is 0 Å². The molecule has 0 atom stereocenters. The Morgan fingerprint density at radius 2 is 1.65 bits per heavy atom. The molecule has 0 amide bonds. The van der Waals surface area contributed by atoms with Crippen molar-refractivity contribution in [2.24, 2.45) is 0 Å². The first-order chi connectivity index (χ1) is 8.06. The zero-order valence-electron chi connectivity index (χ0n) is 10.7. The van der Waals surface area contributed by atoms with E-state index in [0.717, 1.165) is 23.2 Å². The molecule has 2 rings (SSSR count). The van der Waals surface area contributed by atoms with Crippen molar-refractivity contribution in [1.29, 1.82) is 0 Å². The van der Waals surface area contributed by atoms with E-state index in [2.05, 4.69) is 36.6 Å². The molecule has 0 aliphatic rings. The lowest BCUT2D eigenvalue weighted by Gasteiger charge is -2.15. The largest absolute Gasteiger partial charge is 0.317 e. The van der Waals surface area contributed by atoms with Crippen molar-refractivity contribution in [2.45, 2.75) is 27.7 Å². The first kappa shape index (κ1) is 11.6. The van der Waals surface area contributed by atoms with E-state index in [1.807, 2.05) is 19.9 Å². The molecule has 1 heterocycles. The van der Waals surface area contributed by atoms with Crippen LogP contribution < -0.4 is 0 Å². The van der Waals surface area contributed by atoms with Gasteiger partial charge in [0.1, 0.15) is 0 Å². The van der Waals surface area contributed by atoms with Crippen LogP contribution in [0, 0.1) is 27.7 Å². The number of rotatable bonds is 2. The number of nitrogens with zero attached hydrogens (tertiary/aromatic N) is 1. The third kappa shape index (κ3) is 1.80. The first-order valence-electron chi connectivity index (χ1n) is 5.77. The topological polar surface area (TPSA) is 22.0 Å².